The van der Waals surface area contributed by atoms with Crippen LogP contribution in [0.4, 0.5) is 5.82 Å². The van der Waals surface area contributed by atoms with Crippen molar-refractivity contribution in [2.24, 2.45) is 0 Å². The number of piperazine rings is 1. The van der Waals surface area contributed by atoms with Gasteiger partial charge in [0, 0.05) is 44.8 Å². The molecule has 1 aliphatic heterocycles. The number of Topliss-reactive ketones (excluding diaryl/α,β-unsaturated/α-hetero) is 1. The highest BCUT2D eigenvalue weighted by molar-refractivity contribution is 6.01. The number of methoxy groups -OCH3 is 2. The molecule has 3 rings (SSSR count). The molecule has 0 amide bonds. The number of benzene rings is 1. The van der Waals surface area contributed by atoms with Crippen LogP contribution in [0.5, 0.6) is 11.5 Å². The van der Waals surface area contributed by atoms with Crippen LogP contribution in [0.15, 0.2) is 27.8 Å². The normalized spacial score (nSPS) is 15.1. The molecule has 31 heavy (non-hydrogen) atoms. The van der Waals surface area contributed by atoms with Crippen LogP contribution >= 0.6 is 0 Å². The summed E-state index contributed by atoms with van der Waals surface area (Å²) in [4.78, 5) is 43.2. The average molecular weight is 431 g/mol. The van der Waals surface area contributed by atoms with Crippen molar-refractivity contribution in [1.82, 2.24) is 19.4 Å². The molecule has 10 nitrogen and oxygen atoms in total. The van der Waals surface area contributed by atoms with Gasteiger partial charge in [-0.15, -0.1) is 0 Å². The van der Waals surface area contributed by atoms with Gasteiger partial charge < -0.3 is 15.2 Å². The van der Waals surface area contributed by atoms with Crippen LogP contribution in [0.25, 0.3) is 0 Å². The summed E-state index contributed by atoms with van der Waals surface area (Å²) >= 11 is 0. The van der Waals surface area contributed by atoms with Crippen molar-refractivity contribution in [3.8, 4) is 11.5 Å². The van der Waals surface area contributed by atoms with Crippen LogP contribution in [0.2, 0.25) is 0 Å². The minimum Gasteiger partial charge on any atom is -0.497 e. The van der Waals surface area contributed by atoms with E-state index < -0.39 is 11.2 Å². The van der Waals surface area contributed by atoms with Crippen molar-refractivity contribution in [3.05, 3.63) is 50.2 Å². The van der Waals surface area contributed by atoms with Crippen LogP contribution in [-0.4, -0.2) is 72.1 Å². The predicted molar refractivity (Wildman–Crippen MR) is 117 cm³/mol. The van der Waals surface area contributed by atoms with Crippen LogP contribution in [-0.2, 0) is 13.1 Å². The van der Waals surface area contributed by atoms with Crippen LogP contribution in [0, 0.1) is 0 Å². The van der Waals surface area contributed by atoms with Gasteiger partial charge in [0.15, 0.2) is 5.78 Å². The Morgan fingerprint density at radius 2 is 1.77 bits per heavy atom. The highest BCUT2D eigenvalue weighted by Gasteiger charge is 2.24. The number of carbonyl (C=O) groups excluding carboxylic acids is 1. The maximum absolute atomic E-state index is 12.8. The zero-order chi connectivity index (χ0) is 22.5. The van der Waals surface area contributed by atoms with Crippen molar-refractivity contribution < 1.29 is 14.3 Å². The minimum atomic E-state index is -0.735. The SMILES string of the molecule is CCn1c(N)c(C(=O)CN2CCN(Cc3cc(OC)ccc3OC)CC2)c(=O)[nH]c1=O. The Balaban J connectivity index is 1.63. The van der Waals surface area contributed by atoms with Crippen molar-refractivity contribution >= 4 is 11.6 Å². The number of aromatic amines is 1. The number of nitrogens with one attached hydrogen (secondary N) is 1. The first kappa shape index (κ1) is 22.6. The summed E-state index contributed by atoms with van der Waals surface area (Å²) in [5, 5.41) is 0. The first-order valence-corrected chi connectivity index (χ1v) is 10.2. The first-order chi connectivity index (χ1) is 14.9. The van der Waals surface area contributed by atoms with Crippen LogP contribution < -0.4 is 26.5 Å². The molecule has 1 aliphatic rings. The molecule has 0 unspecified atom stereocenters. The summed E-state index contributed by atoms with van der Waals surface area (Å²) in [5.74, 6) is 1.12. The lowest BCUT2D eigenvalue weighted by molar-refractivity contribution is 0.0841. The van der Waals surface area contributed by atoms with E-state index in [1.54, 1.807) is 21.1 Å². The lowest BCUT2D eigenvalue weighted by Crippen LogP contribution is -2.48. The summed E-state index contributed by atoms with van der Waals surface area (Å²) in [6.45, 7) is 5.63. The summed E-state index contributed by atoms with van der Waals surface area (Å²) in [6, 6.07) is 5.72. The number of ketones is 1. The molecule has 0 radical (unpaired) electrons. The van der Waals surface area contributed by atoms with Gasteiger partial charge in [0.1, 0.15) is 22.9 Å². The number of nitrogens with zero attached hydrogens (tertiary/aromatic N) is 3. The van der Waals surface area contributed by atoms with Crippen molar-refractivity contribution in [3.63, 3.8) is 0 Å². The number of anilines is 1. The average Bonchev–Trinajstić information content (AvgIpc) is 2.75. The lowest BCUT2D eigenvalue weighted by Gasteiger charge is -2.34. The number of aromatic nitrogens is 2. The van der Waals surface area contributed by atoms with E-state index >= 15 is 0 Å². The molecule has 168 valence electrons. The third-order valence-corrected chi connectivity index (χ3v) is 5.55. The number of hydrogen-bond acceptors (Lipinski definition) is 8. The second-order valence-corrected chi connectivity index (χ2v) is 7.42. The highest BCUT2D eigenvalue weighted by Crippen LogP contribution is 2.25. The topological polar surface area (TPSA) is 123 Å². The second-order valence-electron chi connectivity index (χ2n) is 7.42. The molecule has 0 spiro atoms. The maximum atomic E-state index is 12.8. The van der Waals surface area contributed by atoms with E-state index in [4.69, 9.17) is 15.2 Å². The molecule has 1 aromatic carbocycles. The quantitative estimate of drug-likeness (QED) is 0.567. The summed E-state index contributed by atoms with van der Waals surface area (Å²) in [5.41, 5.74) is 5.48. The molecular formula is C21H29N5O5. The molecule has 1 fully saturated rings. The molecule has 0 atom stereocenters. The molecule has 0 saturated carbocycles. The van der Waals surface area contributed by atoms with E-state index in [0.29, 0.717) is 19.6 Å². The highest BCUT2D eigenvalue weighted by atomic mass is 16.5. The van der Waals surface area contributed by atoms with E-state index in [-0.39, 0.29) is 30.3 Å². The van der Waals surface area contributed by atoms with Gasteiger partial charge in [0.2, 0.25) is 0 Å². The smallest absolute Gasteiger partial charge is 0.329 e. The van der Waals surface area contributed by atoms with Gasteiger partial charge in [-0.2, -0.15) is 0 Å². The summed E-state index contributed by atoms with van der Waals surface area (Å²) in [7, 11) is 3.27. The fraction of sp³-hybridized carbons (Fsp3) is 0.476. The number of H-pyrrole nitrogens is 1. The third kappa shape index (κ3) is 4.97. The molecule has 10 heteroatoms. The summed E-state index contributed by atoms with van der Waals surface area (Å²) in [6.07, 6.45) is 0. The number of rotatable bonds is 8. The Morgan fingerprint density at radius 1 is 1.10 bits per heavy atom. The zero-order valence-corrected chi connectivity index (χ0v) is 18.1. The molecule has 2 heterocycles. The number of nitrogens with two attached hydrogens (primary N) is 1. The molecule has 3 N–H and O–H groups in total. The Hall–Kier alpha value is -3.11. The monoisotopic (exact) mass is 431 g/mol. The molecule has 1 aromatic heterocycles. The Kier molecular flexibility index (Phi) is 7.13. The van der Waals surface area contributed by atoms with Crippen molar-refractivity contribution in [2.45, 2.75) is 20.0 Å². The molecule has 0 aliphatic carbocycles. The predicted octanol–water partition coefficient (Wildman–Crippen LogP) is 0.156. The minimum absolute atomic E-state index is 0.0749. The third-order valence-electron chi connectivity index (χ3n) is 5.55. The molecule has 2 aromatic rings. The van der Waals surface area contributed by atoms with Gasteiger partial charge in [0.05, 0.1) is 20.8 Å². The summed E-state index contributed by atoms with van der Waals surface area (Å²) < 4.78 is 12.0. The van der Waals surface area contributed by atoms with Gasteiger partial charge in [-0.3, -0.25) is 28.9 Å². The van der Waals surface area contributed by atoms with Crippen molar-refractivity contribution in [2.75, 3.05) is 52.7 Å². The molecule has 0 bridgehead atoms. The number of nitrogen functional groups attached to an aromatic ring is 1. The van der Waals surface area contributed by atoms with E-state index in [0.717, 1.165) is 30.2 Å². The number of ether oxygens (including phenoxy) is 2. The van der Waals surface area contributed by atoms with Crippen LogP contribution in [0.3, 0.4) is 0 Å². The van der Waals surface area contributed by atoms with Gasteiger partial charge in [-0.05, 0) is 25.1 Å². The lowest BCUT2D eigenvalue weighted by atomic mass is 10.1. The fourth-order valence-electron chi connectivity index (χ4n) is 3.81. The van der Waals surface area contributed by atoms with E-state index in [1.807, 2.05) is 23.1 Å². The Labute approximate surface area is 180 Å². The number of hydrogen-bond donors (Lipinski definition) is 2. The van der Waals surface area contributed by atoms with E-state index in [2.05, 4.69) is 9.88 Å². The zero-order valence-electron chi connectivity index (χ0n) is 18.1. The van der Waals surface area contributed by atoms with E-state index in [1.165, 1.54) is 4.57 Å². The fourth-order valence-corrected chi connectivity index (χ4v) is 3.81. The standard InChI is InChI=1S/C21H29N5O5/c1-4-26-19(22)18(20(28)23-21(26)29)16(27)13-25-9-7-24(8-10-25)12-14-11-15(30-2)5-6-17(14)31-3/h5-6,11H,4,7-10,12-13,22H2,1-3H3,(H,23,28,29). The van der Waals surface area contributed by atoms with Gasteiger partial charge >= 0.3 is 5.69 Å². The Morgan fingerprint density at radius 3 is 2.39 bits per heavy atom. The maximum Gasteiger partial charge on any atom is 0.329 e. The van der Waals surface area contributed by atoms with Gasteiger partial charge in [-0.1, -0.05) is 0 Å². The Bertz CT molecular complexity index is 1050. The first-order valence-electron chi connectivity index (χ1n) is 10.2. The van der Waals surface area contributed by atoms with Gasteiger partial charge in [0.25, 0.3) is 5.56 Å². The molecular weight excluding hydrogens is 402 g/mol. The number of carbonyl (C=O) groups is 1. The van der Waals surface area contributed by atoms with Crippen molar-refractivity contribution in [1.29, 1.82) is 0 Å². The van der Waals surface area contributed by atoms with Gasteiger partial charge in [-0.25, -0.2) is 4.79 Å². The van der Waals surface area contributed by atoms with Crippen LogP contribution in [0.1, 0.15) is 22.8 Å². The molecule has 1 saturated heterocycles. The second kappa shape index (κ2) is 9.80. The van der Waals surface area contributed by atoms with E-state index in [9.17, 15) is 14.4 Å². The largest absolute Gasteiger partial charge is 0.497 e.